The molecule has 4 amide bonds. The highest BCUT2D eigenvalue weighted by molar-refractivity contribution is 6.05. The number of halogens is 3. The summed E-state index contributed by atoms with van der Waals surface area (Å²) in [6.45, 7) is 2.21. The van der Waals surface area contributed by atoms with Crippen LogP contribution in [0.5, 0.6) is 5.75 Å². The first-order chi connectivity index (χ1) is 14.6. The molecule has 164 valence electrons. The van der Waals surface area contributed by atoms with E-state index >= 15 is 0 Å². The van der Waals surface area contributed by atoms with Gasteiger partial charge in [-0.2, -0.15) is 0 Å². The Bertz CT molecular complexity index is 977. The predicted molar refractivity (Wildman–Crippen MR) is 105 cm³/mol. The first-order valence-corrected chi connectivity index (χ1v) is 9.45. The minimum Gasteiger partial charge on any atom is -0.406 e. The Kier molecular flexibility index (Phi) is 6.47. The zero-order valence-electron chi connectivity index (χ0n) is 16.5. The molecule has 1 aliphatic heterocycles. The third-order valence-corrected chi connectivity index (χ3v) is 4.73. The zero-order valence-corrected chi connectivity index (χ0v) is 16.5. The molecule has 0 aliphatic carbocycles. The van der Waals surface area contributed by atoms with Gasteiger partial charge in [-0.15, -0.1) is 13.2 Å². The van der Waals surface area contributed by atoms with E-state index in [0.29, 0.717) is 12.1 Å². The number of rotatable bonds is 7. The van der Waals surface area contributed by atoms with E-state index < -0.39 is 24.3 Å². The van der Waals surface area contributed by atoms with E-state index in [4.69, 9.17) is 0 Å². The van der Waals surface area contributed by atoms with Gasteiger partial charge in [0, 0.05) is 6.54 Å². The van der Waals surface area contributed by atoms with Crippen LogP contribution in [-0.4, -0.2) is 36.8 Å². The van der Waals surface area contributed by atoms with Gasteiger partial charge in [0.15, 0.2) is 0 Å². The van der Waals surface area contributed by atoms with Gasteiger partial charge in [-0.3, -0.25) is 14.9 Å². The van der Waals surface area contributed by atoms with Crippen molar-refractivity contribution in [1.29, 1.82) is 0 Å². The van der Waals surface area contributed by atoms with Crippen molar-refractivity contribution in [3.8, 4) is 16.9 Å². The molecule has 0 bridgehead atoms. The summed E-state index contributed by atoms with van der Waals surface area (Å²) in [6, 6.07) is 11.4. The van der Waals surface area contributed by atoms with Crippen LogP contribution in [0.3, 0.4) is 0 Å². The number of amides is 4. The molecule has 2 aromatic rings. The number of benzene rings is 2. The van der Waals surface area contributed by atoms with E-state index in [1.54, 1.807) is 18.2 Å². The monoisotopic (exact) mass is 435 g/mol. The van der Waals surface area contributed by atoms with Gasteiger partial charge in [0.05, 0.1) is 6.42 Å². The molecule has 1 fully saturated rings. The second-order valence-electron chi connectivity index (χ2n) is 7.12. The number of imide groups is 1. The van der Waals surface area contributed by atoms with Crippen molar-refractivity contribution in [2.75, 3.05) is 6.54 Å². The molecule has 0 radical (unpaired) electrons. The highest BCUT2D eigenvalue weighted by Gasteiger charge is 2.32. The molecule has 0 saturated carbocycles. The fraction of sp³-hybridized carbons (Fsp3) is 0.286. The molecule has 2 aromatic carbocycles. The maximum absolute atomic E-state index is 12.4. The summed E-state index contributed by atoms with van der Waals surface area (Å²) in [5.74, 6) is -1.25. The first-order valence-electron chi connectivity index (χ1n) is 9.45. The number of nitrogens with one attached hydrogen (secondary N) is 3. The van der Waals surface area contributed by atoms with Gasteiger partial charge in [0.25, 0.3) is 5.91 Å². The van der Waals surface area contributed by atoms with E-state index in [0.717, 1.165) is 11.1 Å². The van der Waals surface area contributed by atoms with Crippen LogP contribution in [-0.2, 0) is 9.59 Å². The summed E-state index contributed by atoms with van der Waals surface area (Å²) in [4.78, 5) is 34.6. The Hall–Kier alpha value is -3.56. The van der Waals surface area contributed by atoms with Crippen molar-refractivity contribution >= 4 is 17.8 Å². The molecule has 7 nitrogen and oxygen atoms in total. The summed E-state index contributed by atoms with van der Waals surface area (Å²) in [5, 5.41) is 7.15. The predicted octanol–water partition coefficient (Wildman–Crippen LogP) is 3.07. The maximum Gasteiger partial charge on any atom is 0.573 e. The van der Waals surface area contributed by atoms with E-state index in [9.17, 15) is 27.6 Å². The molecule has 3 rings (SSSR count). The molecule has 2 atom stereocenters. The highest BCUT2D eigenvalue weighted by Crippen LogP contribution is 2.29. The third kappa shape index (κ3) is 6.21. The normalized spacial score (nSPS) is 17.0. The van der Waals surface area contributed by atoms with Gasteiger partial charge in [-0.05, 0) is 34.7 Å². The van der Waals surface area contributed by atoms with Gasteiger partial charge in [-0.1, -0.05) is 43.3 Å². The number of carbonyl (C=O) groups is 3. The van der Waals surface area contributed by atoms with E-state index in [1.807, 2.05) is 19.1 Å². The van der Waals surface area contributed by atoms with Crippen LogP contribution >= 0.6 is 0 Å². The Morgan fingerprint density at radius 2 is 1.84 bits per heavy atom. The standard InChI is InChI=1S/C21H20F3N3O4/c1-12(11-25-18(28)10-17-19(29)27-20(30)26-17)13-5-7-14(8-6-13)15-3-2-4-16(9-15)31-21(22,23)24/h2-9,12,17H,10-11H2,1H3,(H,25,28)(H2,26,27,29,30). The fourth-order valence-corrected chi connectivity index (χ4v) is 3.12. The van der Waals surface area contributed by atoms with Gasteiger partial charge in [-0.25, -0.2) is 4.79 Å². The van der Waals surface area contributed by atoms with E-state index in [-0.39, 0.29) is 24.0 Å². The van der Waals surface area contributed by atoms with Gasteiger partial charge in [0.1, 0.15) is 11.8 Å². The second kappa shape index (κ2) is 9.07. The number of alkyl halides is 3. The summed E-state index contributed by atoms with van der Waals surface area (Å²) in [7, 11) is 0. The second-order valence-corrected chi connectivity index (χ2v) is 7.12. The molecule has 1 aliphatic rings. The molecule has 0 spiro atoms. The third-order valence-electron chi connectivity index (χ3n) is 4.73. The smallest absolute Gasteiger partial charge is 0.406 e. The topological polar surface area (TPSA) is 96.5 Å². The Balaban J connectivity index is 1.56. The van der Waals surface area contributed by atoms with Gasteiger partial charge < -0.3 is 15.4 Å². The zero-order chi connectivity index (χ0) is 22.6. The molecule has 2 unspecified atom stereocenters. The Morgan fingerprint density at radius 1 is 1.13 bits per heavy atom. The lowest BCUT2D eigenvalue weighted by Gasteiger charge is -2.15. The van der Waals surface area contributed by atoms with Crippen LogP contribution in [0.25, 0.3) is 11.1 Å². The van der Waals surface area contributed by atoms with Crippen LogP contribution in [0.2, 0.25) is 0 Å². The lowest BCUT2D eigenvalue weighted by Crippen LogP contribution is -2.37. The Labute approximate surface area is 176 Å². The molecule has 1 saturated heterocycles. The molecular formula is C21H20F3N3O4. The SMILES string of the molecule is CC(CNC(=O)CC1NC(=O)NC1=O)c1ccc(-c2cccc(OC(F)(F)F)c2)cc1. The van der Waals surface area contributed by atoms with Crippen LogP contribution < -0.4 is 20.7 Å². The van der Waals surface area contributed by atoms with Gasteiger partial charge >= 0.3 is 12.4 Å². The van der Waals surface area contributed by atoms with Crippen molar-refractivity contribution in [3.63, 3.8) is 0 Å². The average Bonchev–Trinajstić information content (AvgIpc) is 3.02. The summed E-state index contributed by atoms with van der Waals surface area (Å²) in [5.41, 5.74) is 2.21. The van der Waals surface area contributed by atoms with Crippen LogP contribution in [0.15, 0.2) is 48.5 Å². The van der Waals surface area contributed by atoms with E-state index in [1.165, 1.54) is 18.2 Å². The quantitative estimate of drug-likeness (QED) is 0.583. The number of ether oxygens (including phenoxy) is 1. The molecule has 31 heavy (non-hydrogen) atoms. The number of hydrogen-bond donors (Lipinski definition) is 3. The molecule has 3 N–H and O–H groups in total. The summed E-state index contributed by atoms with van der Waals surface area (Å²) in [6.07, 6.45) is -4.91. The van der Waals surface area contributed by atoms with Crippen molar-refractivity contribution in [3.05, 3.63) is 54.1 Å². The Morgan fingerprint density at radius 3 is 2.45 bits per heavy atom. The van der Waals surface area contributed by atoms with Crippen molar-refractivity contribution < 1.29 is 32.3 Å². The average molecular weight is 435 g/mol. The van der Waals surface area contributed by atoms with Crippen molar-refractivity contribution in [2.24, 2.45) is 0 Å². The van der Waals surface area contributed by atoms with Crippen molar-refractivity contribution in [1.82, 2.24) is 16.0 Å². The highest BCUT2D eigenvalue weighted by atomic mass is 19.4. The number of urea groups is 1. The lowest BCUT2D eigenvalue weighted by atomic mass is 9.97. The first kappa shape index (κ1) is 22.1. The summed E-state index contributed by atoms with van der Waals surface area (Å²) < 4.78 is 41.2. The molecule has 10 heteroatoms. The summed E-state index contributed by atoms with van der Waals surface area (Å²) >= 11 is 0. The molecular weight excluding hydrogens is 415 g/mol. The van der Waals surface area contributed by atoms with Crippen LogP contribution in [0.4, 0.5) is 18.0 Å². The minimum absolute atomic E-state index is 0.0510. The number of hydrogen-bond acceptors (Lipinski definition) is 4. The number of carbonyl (C=O) groups excluding carboxylic acids is 3. The largest absolute Gasteiger partial charge is 0.573 e. The molecule has 0 aromatic heterocycles. The molecule has 1 heterocycles. The lowest BCUT2D eigenvalue weighted by molar-refractivity contribution is -0.274. The van der Waals surface area contributed by atoms with Crippen molar-refractivity contribution in [2.45, 2.75) is 31.7 Å². The van der Waals surface area contributed by atoms with Crippen LogP contribution in [0, 0.1) is 0 Å². The van der Waals surface area contributed by atoms with Crippen LogP contribution in [0.1, 0.15) is 24.8 Å². The minimum atomic E-state index is -4.75. The van der Waals surface area contributed by atoms with Gasteiger partial charge in [0.2, 0.25) is 5.91 Å². The van der Waals surface area contributed by atoms with E-state index in [2.05, 4.69) is 20.7 Å². The fourth-order valence-electron chi connectivity index (χ4n) is 3.12. The maximum atomic E-state index is 12.4.